The van der Waals surface area contributed by atoms with Gasteiger partial charge in [-0.1, -0.05) is 13.3 Å². The van der Waals surface area contributed by atoms with Crippen molar-refractivity contribution in [2.75, 3.05) is 26.2 Å². The molecule has 2 rings (SSSR count). The maximum absolute atomic E-state index is 12.2. The molecule has 21 heavy (non-hydrogen) atoms. The topological polar surface area (TPSA) is 41.6 Å². The van der Waals surface area contributed by atoms with Crippen LogP contribution in [0.3, 0.4) is 0 Å². The number of hydrogen-bond donors (Lipinski definition) is 1. The Morgan fingerprint density at radius 2 is 2.14 bits per heavy atom. The summed E-state index contributed by atoms with van der Waals surface area (Å²) in [6, 6.07) is 0.579. The molecule has 2 fully saturated rings. The number of rotatable bonds is 6. The summed E-state index contributed by atoms with van der Waals surface area (Å²) < 4.78 is 5.86. The van der Waals surface area contributed by atoms with Gasteiger partial charge in [0.2, 0.25) is 5.91 Å². The van der Waals surface area contributed by atoms with Crippen molar-refractivity contribution in [1.29, 1.82) is 0 Å². The molecular weight excluding hydrogens is 264 g/mol. The lowest BCUT2D eigenvalue weighted by atomic mass is 9.92. The van der Waals surface area contributed by atoms with Gasteiger partial charge in [-0.2, -0.15) is 0 Å². The van der Waals surface area contributed by atoms with Crippen LogP contribution in [-0.2, 0) is 9.53 Å². The van der Waals surface area contributed by atoms with Gasteiger partial charge >= 0.3 is 0 Å². The molecule has 0 aromatic carbocycles. The molecule has 0 unspecified atom stereocenters. The number of likely N-dealkylation sites (tertiary alicyclic amines) is 1. The first-order valence-electron chi connectivity index (χ1n) is 8.84. The Morgan fingerprint density at radius 1 is 1.29 bits per heavy atom. The summed E-state index contributed by atoms with van der Waals surface area (Å²) in [5.74, 6) is 0.423. The van der Waals surface area contributed by atoms with Crippen LogP contribution in [0.2, 0.25) is 0 Å². The molecule has 4 nitrogen and oxygen atoms in total. The predicted molar refractivity (Wildman–Crippen MR) is 85.3 cm³/mol. The minimum absolute atomic E-state index is 0.168. The van der Waals surface area contributed by atoms with E-state index >= 15 is 0 Å². The van der Waals surface area contributed by atoms with Crippen molar-refractivity contribution in [3.8, 4) is 0 Å². The van der Waals surface area contributed by atoms with Gasteiger partial charge in [-0.05, 0) is 45.4 Å². The molecule has 3 atom stereocenters. The zero-order valence-electron chi connectivity index (χ0n) is 13.8. The average Bonchev–Trinajstić information content (AvgIpc) is 2.50. The zero-order chi connectivity index (χ0) is 15.1. The lowest BCUT2D eigenvalue weighted by Crippen LogP contribution is -2.50. The molecule has 0 spiro atoms. The highest BCUT2D eigenvalue weighted by Crippen LogP contribution is 2.24. The fraction of sp³-hybridized carbons (Fsp3) is 0.941. The van der Waals surface area contributed by atoms with Gasteiger partial charge < -0.3 is 10.1 Å². The van der Waals surface area contributed by atoms with Crippen molar-refractivity contribution >= 4 is 5.91 Å². The van der Waals surface area contributed by atoms with E-state index in [4.69, 9.17) is 4.74 Å². The van der Waals surface area contributed by atoms with E-state index in [1.165, 1.54) is 19.3 Å². The molecule has 1 N–H and O–H groups in total. The van der Waals surface area contributed by atoms with E-state index in [2.05, 4.69) is 24.1 Å². The summed E-state index contributed by atoms with van der Waals surface area (Å²) in [7, 11) is 0. The fourth-order valence-corrected chi connectivity index (χ4v) is 3.39. The largest absolute Gasteiger partial charge is 0.377 e. The number of carbonyl (C=O) groups excluding carboxylic acids is 1. The molecule has 1 amide bonds. The van der Waals surface area contributed by atoms with Gasteiger partial charge in [0.25, 0.3) is 0 Å². The van der Waals surface area contributed by atoms with Crippen LogP contribution in [0.25, 0.3) is 0 Å². The van der Waals surface area contributed by atoms with Crippen molar-refractivity contribution in [3.05, 3.63) is 0 Å². The van der Waals surface area contributed by atoms with Gasteiger partial charge in [0.05, 0.1) is 12.0 Å². The molecule has 0 aromatic rings. The van der Waals surface area contributed by atoms with Gasteiger partial charge in [-0.25, -0.2) is 0 Å². The Kier molecular flexibility index (Phi) is 6.97. The van der Waals surface area contributed by atoms with E-state index in [1.807, 2.05) is 0 Å². The number of unbranched alkanes of at least 4 members (excludes halogenated alkanes) is 1. The van der Waals surface area contributed by atoms with Gasteiger partial charge in [0.15, 0.2) is 0 Å². The first kappa shape index (κ1) is 16.8. The SMILES string of the molecule is CCCCNC(=O)[C@@H]1CC[C@@H](C)N(C[C@H]2CCCCO2)C1. The van der Waals surface area contributed by atoms with E-state index < -0.39 is 0 Å². The number of hydrogen-bond acceptors (Lipinski definition) is 3. The highest BCUT2D eigenvalue weighted by Gasteiger charge is 2.31. The summed E-state index contributed by atoms with van der Waals surface area (Å²) in [5.41, 5.74) is 0. The maximum Gasteiger partial charge on any atom is 0.224 e. The highest BCUT2D eigenvalue weighted by atomic mass is 16.5. The third-order valence-corrected chi connectivity index (χ3v) is 4.92. The minimum Gasteiger partial charge on any atom is -0.377 e. The summed E-state index contributed by atoms with van der Waals surface area (Å²) in [6.07, 6.45) is 8.41. The minimum atomic E-state index is 0.168. The molecule has 2 aliphatic heterocycles. The van der Waals surface area contributed by atoms with Crippen LogP contribution in [0, 0.1) is 5.92 Å². The number of amides is 1. The molecule has 0 bridgehead atoms. The number of piperidine rings is 1. The van der Waals surface area contributed by atoms with Gasteiger partial charge in [-0.15, -0.1) is 0 Å². The predicted octanol–water partition coefficient (Wildman–Crippen LogP) is 2.57. The molecule has 122 valence electrons. The monoisotopic (exact) mass is 296 g/mol. The Bertz CT molecular complexity index is 316. The molecule has 0 aliphatic carbocycles. The van der Waals surface area contributed by atoms with Crippen LogP contribution >= 0.6 is 0 Å². The van der Waals surface area contributed by atoms with Crippen LogP contribution < -0.4 is 5.32 Å². The van der Waals surface area contributed by atoms with Gasteiger partial charge in [0.1, 0.15) is 0 Å². The average molecular weight is 296 g/mol. The van der Waals surface area contributed by atoms with Gasteiger partial charge in [-0.3, -0.25) is 9.69 Å². The Hall–Kier alpha value is -0.610. The standard InChI is InChI=1S/C17H32N2O2/c1-3-4-10-18-17(20)15-9-8-14(2)19(12-15)13-16-7-5-6-11-21-16/h14-16H,3-13H2,1-2H3,(H,18,20)/t14-,15-,16-/m1/s1. The van der Waals surface area contributed by atoms with Crippen molar-refractivity contribution in [2.45, 2.75) is 70.9 Å². The molecule has 0 aromatic heterocycles. The molecule has 2 saturated heterocycles. The molecule has 2 aliphatic rings. The lowest BCUT2D eigenvalue weighted by Gasteiger charge is -2.39. The van der Waals surface area contributed by atoms with Crippen molar-refractivity contribution in [3.63, 3.8) is 0 Å². The molecule has 2 heterocycles. The second-order valence-electron chi connectivity index (χ2n) is 6.71. The molecule has 0 saturated carbocycles. The summed E-state index contributed by atoms with van der Waals surface area (Å²) in [4.78, 5) is 14.7. The summed E-state index contributed by atoms with van der Waals surface area (Å²) >= 11 is 0. The van der Waals surface area contributed by atoms with Crippen LogP contribution in [0.1, 0.15) is 58.8 Å². The smallest absolute Gasteiger partial charge is 0.224 e. The number of carbonyl (C=O) groups is 1. The van der Waals surface area contributed by atoms with Crippen LogP contribution in [0.4, 0.5) is 0 Å². The normalized spacial score (nSPS) is 31.0. The van der Waals surface area contributed by atoms with Crippen LogP contribution in [0.5, 0.6) is 0 Å². The van der Waals surface area contributed by atoms with E-state index in [1.54, 1.807) is 0 Å². The summed E-state index contributed by atoms with van der Waals surface area (Å²) in [6.45, 7) is 8.08. The first-order valence-corrected chi connectivity index (χ1v) is 8.84. The number of nitrogens with zero attached hydrogens (tertiary/aromatic N) is 1. The fourth-order valence-electron chi connectivity index (χ4n) is 3.39. The van der Waals surface area contributed by atoms with E-state index in [0.29, 0.717) is 12.1 Å². The van der Waals surface area contributed by atoms with Crippen molar-refractivity contribution in [1.82, 2.24) is 10.2 Å². The zero-order valence-corrected chi connectivity index (χ0v) is 13.8. The Balaban J connectivity index is 1.79. The third kappa shape index (κ3) is 5.26. The Labute approximate surface area is 129 Å². The number of ether oxygens (including phenoxy) is 1. The van der Waals surface area contributed by atoms with Crippen molar-refractivity contribution < 1.29 is 9.53 Å². The van der Waals surface area contributed by atoms with E-state index in [9.17, 15) is 4.79 Å². The second kappa shape index (κ2) is 8.74. The summed E-state index contributed by atoms with van der Waals surface area (Å²) in [5, 5.41) is 3.10. The Morgan fingerprint density at radius 3 is 2.86 bits per heavy atom. The molecular formula is C17H32N2O2. The molecule has 4 heteroatoms. The highest BCUT2D eigenvalue weighted by molar-refractivity contribution is 5.78. The quantitative estimate of drug-likeness (QED) is 0.766. The van der Waals surface area contributed by atoms with Crippen LogP contribution in [-0.4, -0.2) is 49.2 Å². The van der Waals surface area contributed by atoms with Gasteiger partial charge in [0, 0.05) is 32.3 Å². The second-order valence-corrected chi connectivity index (χ2v) is 6.71. The van der Waals surface area contributed by atoms with E-state index in [0.717, 1.165) is 51.9 Å². The van der Waals surface area contributed by atoms with Crippen molar-refractivity contribution in [2.24, 2.45) is 5.92 Å². The lowest BCUT2D eigenvalue weighted by molar-refractivity contribution is -0.127. The molecule has 0 radical (unpaired) electrons. The maximum atomic E-state index is 12.2. The van der Waals surface area contributed by atoms with E-state index in [-0.39, 0.29) is 11.8 Å². The number of nitrogens with one attached hydrogen (secondary N) is 1. The van der Waals surface area contributed by atoms with Crippen LogP contribution in [0.15, 0.2) is 0 Å². The first-order chi connectivity index (χ1) is 10.2. The third-order valence-electron chi connectivity index (χ3n) is 4.92.